The molecule has 0 bridgehead atoms. The van der Waals surface area contributed by atoms with Gasteiger partial charge in [0.2, 0.25) is 5.91 Å². The van der Waals surface area contributed by atoms with Gasteiger partial charge < -0.3 is 10.3 Å². The summed E-state index contributed by atoms with van der Waals surface area (Å²) in [6, 6.07) is 13.7. The van der Waals surface area contributed by atoms with Crippen LogP contribution in [0.4, 0.5) is 5.69 Å². The van der Waals surface area contributed by atoms with Gasteiger partial charge in [-0.3, -0.25) is 14.6 Å². The average Bonchev–Trinajstić information content (AvgIpc) is 2.73. The van der Waals surface area contributed by atoms with Crippen molar-refractivity contribution in [3.63, 3.8) is 0 Å². The molecule has 0 saturated heterocycles. The molecule has 0 aliphatic rings. The van der Waals surface area contributed by atoms with E-state index >= 15 is 0 Å². The minimum absolute atomic E-state index is 0.00131. The summed E-state index contributed by atoms with van der Waals surface area (Å²) in [5.74, 6) is -0.300. The Bertz CT molecular complexity index is 1140. The number of hydrogen-bond acceptors (Lipinski definition) is 7. The minimum atomic E-state index is -0.577. The third-order valence-electron chi connectivity index (χ3n) is 3.58. The highest BCUT2D eigenvalue weighted by molar-refractivity contribution is 7.99. The molecule has 136 valence electrons. The van der Waals surface area contributed by atoms with E-state index in [1.54, 1.807) is 42.6 Å². The molecule has 28 heavy (non-hydrogen) atoms. The van der Waals surface area contributed by atoms with Crippen LogP contribution in [-0.2, 0) is 4.79 Å². The van der Waals surface area contributed by atoms with Crippen LogP contribution in [0.2, 0.25) is 0 Å². The molecule has 2 heterocycles. The predicted molar refractivity (Wildman–Crippen MR) is 103 cm³/mol. The highest BCUT2D eigenvalue weighted by Crippen LogP contribution is 2.21. The maximum Gasteiger partial charge on any atom is 0.270 e. The van der Waals surface area contributed by atoms with E-state index in [2.05, 4.69) is 20.3 Å². The second kappa shape index (κ2) is 8.62. The maximum atomic E-state index is 12.2. The first-order valence-corrected chi connectivity index (χ1v) is 8.97. The molecule has 8 nitrogen and oxygen atoms in total. The molecule has 0 radical (unpaired) electrons. The van der Waals surface area contributed by atoms with E-state index in [-0.39, 0.29) is 28.1 Å². The van der Waals surface area contributed by atoms with Crippen molar-refractivity contribution in [2.45, 2.75) is 5.16 Å². The van der Waals surface area contributed by atoms with Crippen molar-refractivity contribution in [1.82, 2.24) is 15.0 Å². The highest BCUT2D eigenvalue weighted by Gasteiger charge is 2.14. The number of rotatable bonds is 5. The standard InChI is InChI=1S/C19H12N6O2S/c20-8-12-3-5-14(6-4-12)23-16(26)11-28-19-24-17(13-2-1-7-22-10-13)15(9-21)18(27)25-19/h1-7,10H,11H2,(H,23,26)(H,24,25,27). The van der Waals surface area contributed by atoms with E-state index in [1.165, 1.54) is 6.20 Å². The Labute approximate surface area is 163 Å². The lowest BCUT2D eigenvalue weighted by molar-refractivity contribution is -0.113. The number of nitriles is 2. The largest absolute Gasteiger partial charge is 0.325 e. The summed E-state index contributed by atoms with van der Waals surface area (Å²) in [6.07, 6.45) is 3.08. The van der Waals surface area contributed by atoms with Gasteiger partial charge in [0.1, 0.15) is 11.6 Å². The fourth-order valence-electron chi connectivity index (χ4n) is 2.30. The number of carbonyl (C=O) groups is 1. The highest BCUT2D eigenvalue weighted by atomic mass is 32.2. The van der Waals surface area contributed by atoms with Crippen molar-refractivity contribution in [2.75, 3.05) is 11.1 Å². The zero-order valence-corrected chi connectivity index (χ0v) is 15.2. The van der Waals surface area contributed by atoms with Crippen LogP contribution in [0, 0.1) is 22.7 Å². The fourth-order valence-corrected chi connectivity index (χ4v) is 2.96. The summed E-state index contributed by atoms with van der Waals surface area (Å²) in [6.45, 7) is 0. The number of anilines is 1. The maximum absolute atomic E-state index is 12.2. The van der Waals surface area contributed by atoms with Gasteiger partial charge in [0, 0.05) is 23.6 Å². The fraction of sp³-hybridized carbons (Fsp3) is 0.0526. The van der Waals surface area contributed by atoms with Crippen LogP contribution in [0.3, 0.4) is 0 Å². The molecule has 3 rings (SSSR count). The second-order valence-electron chi connectivity index (χ2n) is 5.47. The first kappa shape index (κ1) is 18.8. The van der Waals surface area contributed by atoms with E-state index in [0.717, 1.165) is 11.8 Å². The number of nitrogens with zero attached hydrogens (tertiary/aromatic N) is 4. The molecular formula is C19H12N6O2S. The van der Waals surface area contributed by atoms with Crippen molar-refractivity contribution in [2.24, 2.45) is 0 Å². The molecule has 0 atom stereocenters. The summed E-state index contributed by atoms with van der Waals surface area (Å²) in [4.78, 5) is 35.1. The molecule has 3 aromatic rings. The van der Waals surface area contributed by atoms with Crippen LogP contribution in [0.15, 0.2) is 58.7 Å². The van der Waals surface area contributed by atoms with Crippen LogP contribution in [-0.4, -0.2) is 26.6 Å². The van der Waals surface area contributed by atoms with Crippen LogP contribution in [0.25, 0.3) is 11.3 Å². The molecule has 2 N–H and O–H groups in total. The number of hydrogen-bond donors (Lipinski definition) is 2. The van der Waals surface area contributed by atoms with Crippen LogP contribution in [0.1, 0.15) is 11.1 Å². The van der Waals surface area contributed by atoms with Gasteiger partial charge in [-0.1, -0.05) is 11.8 Å². The molecule has 0 spiro atoms. The van der Waals surface area contributed by atoms with Crippen molar-refractivity contribution in [1.29, 1.82) is 10.5 Å². The van der Waals surface area contributed by atoms with Gasteiger partial charge in [-0.15, -0.1) is 0 Å². The number of thioether (sulfide) groups is 1. The zero-order chi connectivity index (χ0) is 19.9. The van der Waals surface area contributed by atoms with Crippen molar-refractivity contribution < 1.29 is 4.79 Å². The Morgan fingerprint density at radius 3 is 2.61 bits per heavy atom. The van der Waals surface area contributed by atoms with Crippen LogP contribution >= 0.6 is 11.8 Å². The quantitative estimate of drug-likeness (QED) is 0.505. The molecule has 0 unspecified atom stereocenters. The topological polar surface area (TPSA) is 135 Å². The van der Waals surface area contributed by atoms with Crippen molar-refractivity contribution >= 4 is 23.4 Å². The van der Waals surface area contributed by atoms with E-state index in [1.807, 2.05) is 12.1 Å². The Morgan fingerprint density at radius 2 is 1.96 bits per heavy atom. The monoisotopic (exact) mass is 388 g/mol. The Balaban J connectivity index is 1.74. The number of nitrogens with one attached hydrogen (secondary N) is 2. The van der Waals surface area contributed by atoms with Crippen LogP contribution in [0.5, 0.6) is 0 Å². The molecule has 0 saturated carbocycles. The summed E-state index contributed by atoms with van der Waals surface area (Å²) >= 11 is 1.04. The Hall–Kier alpha value is -3.95. The normalized spacial score (nSPS) is 9.93. The van der Waals surface area contributed by atoms with Crippen molar-refractivity contribution in [3.05, 3.63) is 70.3 Å². The van der Waals surface area contributed by atoms with Gasteiger partial charge in [0.05, 0.1) is 23.1 Å². The van der Waals surface area contributed by atoms with Gasteiger partial charge in [-0.25, -0.2) is 4.98 Å². The average molecular weight is 388 g/mol. The smallest absolute Gasteiger partial charge is 0.270 e. The number of benzene rings is 1. The summed E-state index contributed by atoms with van der Waals surface area (Å²) in [7, 11) is 0. The van der Waals surface area contributed by atoms with E-state index in [9.17, 15) is 14.9 Å². The third-order valence-corrected chi connectivity index (χ3v) is 4.46. The van der Waals surface area contributed by atoms with Gasteiger partial charge in [0.25, 0.3) is 5.56 Å². The lowest BCUT2D eigenvalue weighted by Crippen LogP contribution is -2.17. The van der Waals surface area contributed by atoms with Crippen LogP contribution < -0.4 is 10.9 Å². The number of H-pyrrole nitrogens is 1. The molecule has 0 aliphatic carbocycles. The number of aromatic nitrogens is 3. The Kier molecular flexibility index (Phi) is 5.80. The number of amides is 1. The summed E-state index contributed by atoms with van der Waals surface area (Å²) in [5.41, 5.74) is 1.12. The molecule has 0 fully saturated rings. The number of aromatic amines is 1. The number of pyridine rings is 1. The van der Waals surface area contributed by atoms with Gasteiger partial charge >= 0.3 is 0 Å². The lowest BCUT2D eigenvalue weighted by atomic mass is 10.1. The summed E-state index contributed by atoms with van der Waals surface area (Å²) < 4.78 is 0. The third kappa shape index (κ3) is 4.41. The van der Waals surface area contributed by atoms with E-state index in [4.69, 9.17) is 5.26 Å². The van der Waals surface area contributed by atoms with Crippen molar-refractivity contribution in [3.8, 4) is 23.4 Å². The number of carbonyl (C=O) groups excluding carboxylic acids is 1. The lowest BCUT2D eigenvalue weighted by Gasteiger charge is -2.07. The first-order chi connectivity index (χ1) is 13.6. The SMILES string of the molecule is N#Cc1ccc(NC(=O)CSc2nc(-c3cccnc3)c(C#N)c(=O)[nH]2)cc1. The molecule has 0 aliphatic heterocycles. The van der Waals surface area contributed by atoms with Gasteiger partial charge in [-0.05, 0) is 36.4 Å². The predicted octanol–water partition coefficient (Wildman–Crippen LogP) is 2.31. The second-order valence-corrected chi connectivity index (χ2v) is 6.44. The molecule has 1 amide bonds. The molecule has 2 aromatic heterocycles. The molecular weight excluding hydrogens is 376 g/mol. The minimum Gasteiger partial charge on any atom is -0.325 e. The first-order valence-electron chi connectivity index (χ1n) is 7.98. The molecule has 1 aromatic carbocycles. The zero-order valence-electron chi connectivity index (χ0n) is 14.3. The van der Waals surface area contributed by atoms with Gasteiger partial charge in [0.15, 0.2) is 5.16 Å². The van der Waals surface area contributed by atoms with Gasteiger partial charge in [-0.2, -0.15) is 10.5 Å². The summed E-state index contributed by atoms with van der Waals surface area (Å²) in [5, 5.41) is 20.9. The van der Waals surface area contributed by atoms with E-state index < -0.39 is 5.56 Å². The van der Waals surface area contributed by atoms with E-state index in [0.29, 0.717) is 16.8 Å². The molecule has 9 heteroatoms. The Morgan fingerprint density at radius 1 is 1.18 bits per heavy atom.